The van der Waals surface area contributed by atoms with E-state index in [1.807, 2.05) is 19.9 Å². The summed E-state index contributed by atoms with van der Waals surface area (Å²) in [4.78, 5) is 2.88. The number of methoxy groups -OCH3 is 3. The van der Waals surface area contributed by atoms with Gasteiger partial charge in [-0.05, 0) is 24.9 Å². The molecule has 0 aliphatic carbocycles. The molecular formula is C13H19N3O3. The van der Waals surface area contributed by atoms with Gasteiger partial charge in [-0.3, -0.25) is 0 Å². The number of benzene rings is 1. The summed E-state index contributed by atoms with van der Waals surface area (Å²) in [7, 11) is 4.73. The lowest BCUT2D eigenvalue weighted by Crippen LogP contribution is -2.03. The first-order chi connectivity index (χ1) is 9.14. The summed E-state index contributed by atoms with van der Waals surface area (Å²) in [6, 6.07) is 1.52. The summed E-state index contributed by atoms with van der Waals surface area (Å²) < 4.78 is 16.1. The van der Waals surface area contributed by atoms with Crippen molar-refractivity contribution in [2.24, 2.45) is 5.11 Å². The highest BCUT2D eigenvalue weighted by Gasteiger charge is 2.22. The van der Waals surface area contributed by atoms with E-state index in [1.165, 1.54) is 0 Å². The smallest absolute Gasteiger partial charge is 0.167 e. The molecule has 1 rings (SSSR count). The number of nitrogens with zero attached hydrogens (tertiary/aromatic N) is 3. The van der Waals surface area contributed by atoms with Crippen molar-refractivity contribution in [3.05, 3.63) is 27.6 Å². The summed E-state index contributed by atoms with van der Waals surface area (Å²) in [5.74, 6) is 1.86. The predicted molar refractivity (Wildman–Crippen MR) is 73.0 cm³/mol. The lowest BCUT2D eigenvalue weighted by atomic mass is 10.0. The van der Waals surface area contributed by atoms with E-state index in [1.54, 1.807) is 21.3 Å². The zero-order valence-corrected chi connectivity index (χ0v) is 11.9. The van der Waals surface area contributed by atoms with Gasteiger partial charge >= 0.3 is 0 Å². The molecule has 19 heavy (non-hydrogen) atoms. The Morgan fingerprint density at radius 2 is 1.84 bits per heavy atom. The zero-order valence-electron chi connectivity index (χ0n) is 11.9. The number of hydrogen-bond donors (Lipinski definition) is 0. The molecule has 0 radical (unpaired) electrons. The Labute approximate surface area is 112 Å². The summed E-state index contributed by atoms with van der Waals surface area (Å²) in [5, 5.41) is 3.79. The minimum absolute atomic E-state index is 0.316. The Morgan fingerprint density at radius 3 is 2.26 bits per heavy atom. The molecule has 0 aromatic heterocycles. The molecule has 0 fully saturated rings. The normalized spacial score (nSPS) is 11.4. The third kappa shape index (κ3) is 2.85. The fraction of sp³-hybridized carbons (Fsp3) is 0.538. The van der Waals surface area contributed by atoms with Crippen molar-refractivity contribution in [1.29, 1.82) is 0 Å². The van der Waals surface area contributed by atoms with E-state index in [-0.39, 0.29) is 6.04 Å². The quantitative estimate of drug-likeness (QED) is 0.446. The minimum Gasteiger partial charge on any atom is -0.496 e. The molecule has 0 aliphatic heterocycles. The molecule has 0 N–H and O–H groups in total. The van der Waals surface area contributed by atoms with Gasteiger partial charge in [-0.25, -0.2) is 0 Å². The Balaban J connectivity index is 3.56. The van der Waals surface area contributed by atoms with Crippen LogP contribution in [0.1, 0.15) is 30.5 Å². The SMILES string of the molecule is CCC(N=[N+]=[N-])c1cc(OC)c(C)c(OC)c1OC. The third-order valence-corrected chi connectivity index (χ3v) is 3.03. The van der Waals surface area contributed by atoms with Crippen molar-refractivity contribution in [3.63, 3.8) is 0 Å². The molecule has 104 valence electrons. The van der Waals surface area contributed by atoms with Gasteiger partial charge in [0.25, 0.3) is 0 Å². The lowest BCUT2D eigenvalue weighted by Gasteiger charge is -2.20. The van der Waals surface area contributed by atoms with Crippen LogP contribution < -0.4 is 14.2 Å². The van der Waals surface area contributed by atoms with Gasteiger partial charge in [0.15, 0.2) is 11.5 Å². The van der Waals surface area contributed by atoms with E-state index >= 15 is 0 Å². The molecule has 0 aliphatic rings. The number of rotatable bonds is 6. The van der Waals surface area contributed by atoms with E-state index in [2.05, 4.69) is 10.0 Å². The van der Waals surface area contributed by atoms with Gasteiger partial charge in [0, 0.05) is 16.0 Å². The molecule has 0 saturated heterocycles. The van der Waals surface area contributed by atoms with Gasteiger partial charge in [-0.2, -0.15) is 0 Å². The molecule has 0 heterocycles. The fourth-order valence-electron chi connectivity index (χ4n) is 2.07. The van der Waals surface area contributed by atoms with E-state index in [0.717, 1.165) is 11.1 Å². The average molecular weight is 265 g/mol. The lowest BCUT2D eigenvalue weighted by molar-refractivity contribution is 0.339. The van der Waals surface area contributed by atoms with E-state index in [0.29, 0.717) is 23.7 Å². The molecule has 0 bridgehead atoms. The second kappa shape index (κ2) is 6.75. The molecule has 0 amide bonds. The van der Waals surface area contributed by atoms with E-state index < -0.39 is 0 Å². The minimum atomic E-state index is -0.316. The first-order valence-electron chi connectivity index (χ1n) is 5.98. The second-order valence-corrected chi connectivity index (χ2v) is 3.99. The highest BCUT2D eigenvalue weighted by molar-refractivity contribution is 5.58. The molecular weight excluding hydrogens is 246 g/mol. The maximum atomic E-state index is 8.66. The second-order valence-electron chi connectivity index (χ2n) is 3.99. The molecule has 0 saturated carbocycles. The largest absolute Gasteiger partial charge is 0.496 e. The van der Waals surface area contributed by atoms with E-state index in [4.69, 9.17) is 19.7 Å². The fourth-order valence-corrected chi connectivity index (χ4v) is 2.07. The van der Waals surface area contributed by atoms with Crippen molar-refractivity contribution in [1.82, 2.24) is 0 Å². The topological polar surface area (TPSA) is 76.5 Å². The maximum absolute atomic E-state index is 8.66. The molecule has 1 aromatic carbocycles. The summed E-state index contributed by atoms with van der Waals surface area (Å²) in [6.07, 6.45) is 0.662. The van der Waals surface area contributed by atoms with Gasteiger partial charge < -0.3 is 14.2 Å². The Kier molecular flexibility index (Phi) is 5.33. The highest BCUT2D eigenvalue weighted by Crippen LogP contribution is 2.44. The van der Waals surface area contributed by atoms with Gasteiger partial charge in [0.1, 0.15) is 5.75 Å². The van der Waals surface area contributed by atoms with Crippen LogP contribution in [0.15, 0.2) is 11.2 Å². The van der Waals surface area contributed by atoms with Crippen molar-refractivity contribution >= 4 is 0 Å². The number of ether oxygens (including phenoxy) is 3. The standard InChI is InChI=1S/C13H19N3O3/c1-6-10(15-16-14)9-7-11(17-3)8(2)12(18-4)13(9)19-5/h7,10H,6H2,1-5H3. The van der Waals surface area contributed by atoms with Crippen LogP contribution in [0.5, 0.6) is 17.2 Å². The van der Waals surface area contributed by atoms with Crippen LogP contribution in [-0.4, -0.2) is 21.3 Å². The van der Waals surface area contributed by atoms with Crippen LogP contribution >= 0.6 is 0 Å². The molecule has 6 heteroatoms. The molecule has 1 atom stereocenters. The molecule has 0 spiro atoms. The van der Waals surface area contributed by atoms with Crippen molar-refractivity contribution < 1.29 is 14.2 Å². The van der Waals surface area contributed by atoms with Crippen LogP contribution in [0, 0.1) is 6.92 Å². The third-order valence-electron chi connectivity index (χ3n) is 3.03. The van der Waals surface area contributed by atoms with Crippen LogP contribution in [-0.2, 0) is 0 Å². The van der Waals surface area contributed by atoms with Gasteiger partial charge in [0.05, 0.1) is 27.4 Å². The van der Waals surface area contributed by atoms with Gasteiger partial charge in [-0.15, -0.1) is 0 Å². The summed E-state index contributed by atoms with van der Waals surface area (Å²) in [6.45, 7) is 3.83. The molecule has 6 nitrogen and oxygen atoms in total. The molecule has 1 aromatic rings. The first kappa shape index (κ1) is 15.0. The van der Waals surface area contributed by atoms with E-state index in [9.17, 15) is 0 Å². The number of azide groups is 1. The Morgan fingerprint density at radius 1 is 1.21 bits per heavy atom. The predicted octanol–water partition coefficient (Wildman–Crippen LogP) is 3.78. The Hall–Kier alpha value is -2.07. The van der Waals surface area contributed by atoms with Crippen LogP contribution in [0.3, 0.4) is 0 Å². The number of hydrogen-bond acceptors (Lipinski definition) is 4. The van der Waals surface area contributed by atoms with Crippen LogP contribution in [0.4, 0.5) is 0 Å². The average Bonchev–Trinajstić information content (AvgIpc) is 2.44. The monoisotopic (exact) mass is 265 g/mol. The van der Waals surface area contributed by atoms with Crippen molar-refractivity contribution in [3.8, 4) is 17.2 Å². The van der Waals surface area contributed by atoms with Crippen molar-refractivity contribution in [2.75, 3.05) is 21.3 Å². The zero-order chi connectivity index (χ0) is 14.4. The van der Waals surface area contributed by atoms with Crippen LogP contribution in [0.2, 0.25) is 0 Å². The Bertz CT molecular complexity index is 496. The summed E-state index contributed by atoms with van der Waals surface area (Å²) >= 11 is 0. The first-order valence-corrected chi connectivity index (χ1v) is 5.98. The molecule has 1 unspecified atom stereocenters. The summed E-state index contributed by atoms with van der Waals surface area (Å²) in [5.41, 5.74) is 10.3. The maximum Gasteiger partial charge on any atom is 0.167 e. The van der Waals surface area contributed by atoms with Crippen LogP contribution in [0.25, 0.3) is 10.4 Å². The van der Waals surface area contributed by atoms with Gasteiger partial charge in [0.2, 0.25) is 0 Å². The van der Waals surface area contributed by atoms with Crippen molar-refractivity contribution in [2.45, 2.75) is 26.3 Å². The highest BCUT2D eigenvalue weighted by atomic mass is 16.5. The van der Waals surface area contributed by atoms with Gasteiger partial charge in [-0.1, -0.05) is 12.0 Å².